The number of hydrogen-bond donors (Lipinski definition) is 1. The van der Waals surface area contributed by atoms with Crippen LogP contribution in [0.15, 0.2) is 41.1 Å². The van der Waals surface area contributed by atoms with Crippen molar-refractivity contribution in [3.63, 3.8) is 0 Å². The van der Waals surface area contributed by atoms with Gasteiger partial charge in [0.2, 0.25) is 5.91 Å². The van der Waals surface area contributed by atoms with Gasteiger partial charge in [0.25, 0.3) is 0 Å². The van der Waals surface area contributed by atoms with Crippen LogP contribution in [0, 0.1) is 0 Å². The molecule has 0 bridgehead atoms. The van der Waals surface area contributed by atoms with Crippen molar-refractivity contribution in [2.75, 3.05) is 0 Å². The maximum atomic E-state index is 10.6. The summed E-state index contributed by atoms with van der Waals surface area (Å²) in [5.74, 6) is -0.464. The van der Waals surface area contributed by atoms with Gasteiger partial charge in [-0.05, 0) is 12.2 Å². The lowest BCUT2D eigenvalue weighted by Gasteiger charge is -1.92. The minimum Gasteiger partial charge on any atom is -0.366 e. The average Bonchev–Trinajstić information content (AvgIpc) is 1.84. The molecule has 0 aromatic rings. The number of nitrogens with zero attached hydrogens (tertiary/aromatic N) is 1. The molecule has 1 amide bonds. The summed E-state index contributed by atoms with van der Waals surface area (Å²) in [5.41, 5.74) is 5.44. The topological polar surface area (TPSA) is 55.5 Å². The van der Waals surface area contributed by atoms with E-state index in [9.17, 15) is 4.79 Å². The molecule has 0 spiro atoms. The highest BCUT2D eigenvalue weighted by Crippen LogP contribution is 1.94. The number of nitrogens with two attached hydrogens (primary N) is 1. The van der Waals surface area contributed by atoms with Gasteiger partial charge in [0.1, 0.15) is 0 Å². The lowest BCUT2D eigenvalue weighted by molar-refractivity contribution is -0.114. The van der Waals surface area contributed by atoms with Crippen molar-refractivity contribution in [3.05, 3.63) is 36.1 Å². The van der Waals surface area contributed by atoms with Crippen LogP contribution in [-0.2, 0) is 4.79 Å². The molecular weight excluding hydrogens is 140 g/mol. The third kappa shape index (κ3) is 2.21. The Kier molecular flexibility index (Phi) is 2.38. The summed E-state index contributed by atoms with van der Waals surface area (Å²) >= 11 is 0. The van der Waals surface area contributed by atoms with Gasteiger partial charge in [-0.3, -0.25) is 9.79 Å². The summed E-state index contributed by atoms with van der Waals surface area (Å²) in [6.45, 7) is 0. The molecule has 1 rings (SSSR count). The van der Waals surface area contributed by atoms with Gasteiger partial charge in [0, 0.05) is 12.4 Å². The van der Waals surface area contributed by atoms with Gasteiger partial charge in [0.05, 0.1) is 5.57 Å². The van der Waals surface area contributed by atoms with E-state index in [1.807, 2.05) is 0 Å². The molecule has 0 radical (unpaired) electrons. The number of aliphatic imine (C=N–C) groups is 1. The summed E-state index contributed by atoms with van der Waals surface area (Å²) in [7, 11) is 0. The Morgan fingerprint density at radius 1 is 1.36 bits per heavy atom. The van der Waals surface area contributed by atoms with Crippen molar-refractivity contribution < 1.29 is 4.79 Å². The Morgan fingerprint density at radius 2 is 2.18 bits per heavy atom. The van der Waals surface area contributed by atoms with Gasteiger partial charge in [-0.2, -0.15) is 0 Å². The summed E-state index contributed by atoms with van der Waals surface area (Å²) in [4.78, 5) is 14.4. The molecule has 56 valence electrons. The molecule has 2 N–H and O–H groups in total. The molecular formula is C8H8N2O. The highest BCUT2D eigenvalue weighted by Gasteiger charge is 1.98. The van der Waals surface area contributed by atoms with Crippen LogP contribution in [0.1, 0.15) is 0 Å². The Balaban J connectivity index is 2.87. The first kappa shape index (κ1) is 7.47. The lowest BCUT2D eigenvalue weighted by atomic mass is 10.2. The molecule has 0 unspecified atom stereocenters. The highest BCUT2D eigenvalue weighted by atomic mass is 16.1. The minimum absolute atomic E-state index is 0.408. The van der Waals surface area contributed by atoms with Gasteiger partial charge in [-0.25, -0.2) is 0 Å². The fourth-order valence-corrected chi connectivity index (χ4v) is 0.635. The van der Waals surface area contributed by atoms with Crippen LogP contribution < -0.4 is 5.73 Å². The summed E-state index contributed by atoms with van der Waals surface area (Å²) in [6, 6.07) is 0. The zero-order valence-corrected chi connectivity index (χ0v) is 5.90. The fraction of sp³-hybridized carbons (Fsp3) is 0. The molecule has 1 aliphatic rings. The monoisotopic (exact) mass is 148 g/mol. The van der Waals surface area contributed by atoms with Gasteiger partial charge >= 0.3 is 0 Å². The Hall–Kier alpha value is -1.64. The van der Waals surface area contributed by atoms with E-state index in [1.165, 1.54) is 6.21 Å². The van der Waals surface area contributed by atoms with Crippen LogP contribution in [0.2, 0.25) is 0 Å². The van der Waals surface area contributed by atoms with Crippen molar-refractivity contribution >= 4 is 12.1 Å². The summed E-state index contributed by atoms with van der Waals surface area (Å²) in [6.07, 6.45) is 9.93. The standard InChI is InChI=1S/C8H8N2O/c9-8(11)7-4-2-1-3-5-10-6-7/h1-6H,(H2,9,11). The second-order valence-electron chi connectivity index (χ2n) is 1.99. The van der Waals surface area contributed by atoms with E-state index in [2.05, 4.69) is 4.99 Å². The van der Waals surface area contributed by atoms with Crippen LogP contribution in [-0.4, -0.2) is 12.1 Å². The summed E-state index contributed by atoms with van der Waals surface area (Å²) < 4.78 is 0. The lowest BCUT2D eigenvalue weighted by Crippen LogP contribution is -2.14. The largest absolute Gasteiger partial charge is 0.366 e. The number of carbonyl (C=O) groups excluding carboxylic acids is 1. The quantitative estimate of drug-likeness (QED) is 0.580. The second-order valence-corrected chi connectivity index (χ2v) is 1.99. The van der Waals surface area contributed by atoms with E-state index in [-0.39, 0.29) is 0 Å². The van der Waals surface area contributed by atoms with Crippen LogP contribution in [0.25, 0.3) is 0 Å². The number of allylic oxidation sites excluding steroid dienone is 4. The van der Waals surface area contributed by atoms with E-state index in [0.29, 0.717) is 5.57 Å². The molecule has 1 heterocycles. The zero-order valence-electron chi connectivity index (χ0n) is 5.90. The smallest absolute Gasteiger partial charge is 0.250 e. The van der Waals surface area contributed by atoms with Crippen molar-refractivity contribution in [1.82, 2.24) is 0 Å². The number of amides is 1. The van der Waals surface area contributed by atoms with Gasteiger partial charge in [-0.1, -0.05) is 12.2 Å². The maximum absolute atomic E-state index is 10.6. The van der Waals surface area contributed by atoms with E-state index in [0.717, 1.165) is 0 Å². The number of carbonyl (C=O) groups is 1. The Morgan fingerprint density at radius 3 is 2.91 bits per heavy atom. The van der Waals surface area contributed by atoms with E-state index < -0.39 is 5.91 Å². The Bertz CT molecular complexity index is 272. The van der Waals surface area contributed by atoms with Crippen LogP contribution >= 0.6 is 0 Å². The molecule has 1 aliphatic heterocycles. The molecule has 0 aromatic heterocycles. The third-order valence-corrected chi connectivity index (χ3v) is 1.17. The predicted octanol–water partition coefficient (Wildman–Crippen LogP) is 0.552. The third-order valence-electron chi connectivity index (χ3n) is 1.17. The first-order chi connectivity index (χ1) is 5.30. The molecule has 3 nitrogen and oxygen atoms in total. The molecule has 0 saturated carbocycles. The van der Waals surface area contributed by atoms with Crippen LogP contribution in [0.3, 0.4) is 0 Å². The maximum Gasteiger partial charge on any atom is 0.250 e. The minimum atomic E-state index is -0.464. The number of primary amides is 1. The van der Waals surface area contributed by atoms with Crippen LogP contribution in [0.4, 0.5) is 0 Å². The average molecular weight is 148 g/mol. The number of hydrogen-bond acceptors (Lipinski definition) is 2. The van der Waals surface area contributed by atoms with Crippen molar-refractivity contribution in [2.45, 2.75) is 0 Å². The van der Waals surface area contributed by atoms with Gasteiger partial charge < -0.3 is 5.73 Å². The van der Waals surface area contributed by atoms with E-state index in [1.54, 1.807) is 30.5 Å². The summed E-state index contributed by atoms with van der Waals surface area (Å²) in [5, 5.41) is 0. The SMILES string of the molecule is NC(=O)C1=CC=CC=CN=C1. The highest BCUT2D eigenvalue weighted by molar-refractivity contribution is 6.11. The second kappa shape index (κ2) is 3.51. The molecule has 0 fully saturated rings. The zero-order chi connectivity index (χ0) is 8.10. The van der Waals surface area contributed by atoms with Crippen LogP contribution in [0.5, 0.6) is 0 Å². The predicted molar refractivity (Wildman–Crippen MR) is 44.0 cm³/mol. The molecule has 0 aromatic carbocycles. The van der Waals surface area contributed by atoms with Crippen molar-refractivity contribution in [2.24, 2.45) is 10.7 Å². The van der Waals surface area contributed by atoms with Gasteiger partial charge in [0.15, 0.2) is 0 Å². The Labute approximate surface area is 64.6 Å². The molecule has 0 aliphatic carbocycles. The molecule has 0 saturated heterocycles. The normalized spacial score (nSPS) is 15.5. The first-order valence-corrected chi connectivity index (χ1v) is 3.17. The molecule has 11 heavy (non-hydrogen) atoms. The van der Waals surface area contributed by atoms with Gasteiger partial charge in [-0.15, -0.1) is 0 Å². The van der Waals surface area contributed by atoms with Crippen molar-refractivity contribution in [3.8, 4) is 0 Å². The van der Waals surface area contributed by atoms with E-state index in [4.69, 9.17) is 5.73 Å². The molecule has 3 heteroatoms. The molecule has 0 atom stereocenters. The first-order valence-electron chi connectivity index (χ1n) is 3.17. The number of rotatable bonds is 1. The fourth-order valence-electron chi connectivity index (χ4n) is 0.635. The van der Waals surface area contributed by atoms with E-state index >= 15 is 0 Å². The van der Waals surface area contributed by atoms with Crippen molar-refractivity contribution in [1.29, 1.82) is 0 Å².